The van der Waals surface area contributed by atoms with Gasteiger partial charge in [-0.05, 0) is 35.1 Å². The predicted octanol–water partition coefficient (Wildman–Crippen LogP) is 4.51. The molecular weight excluding hydrogens is 356 g/mol. The zero-order chi connectivity index (χ0) is 17.4. The number of rotatable bonds is 3. The van der Waals surface area contributed by atoms with Crippen LogP contribution in [0.5, 0.6) is 0 Å². The molecular formula is C18H14N2O3S2. The zero-order valence-electron chi connectivity index (χ0n) is 13.1. The van der Waals surface area contributed by atoms with Gasteiger partial charge in [-0.2, -0.15) is 0 Å². The summed E-state index contributed by atoms with van der Waals surface area (Å²) in [5, 5.41) is 13.0. The summed E-state index contributed by atoms with van der Waals surface area (Å²) in [5.74, 6) is -0.149. The van der Waals surface area contributed by atoms with Crippen LogP contribution in [0.15, 0.2) is 53.9 Å². The Morgan fingerprint density at radius 3 is 2.68 bits per heavy atom. The van der Waals surface area contributed by atoms with E-state index in [4.69, 9.17) is 0 Å². The molecule has 1 atom stereocenters. The van der Waals surface area contributed by atoms with Gasteiger partial charge in [0.2, 0.25) is 0 Å². The highest BCUT2D eigenvalue weighted by molar-refractivity contribution is 7.17. The van der Waals surface area contributed by atoms with Gasteiger partial charge >= 0.3 is 5.00 Å². The summed E-state index contributed by atoms with van der Waals surface area (Å²) in [4.78, 5) is 27.1. The molecule has 0 radical (unpaired) electrons. The van der Waals surface area contributed by atoms with Crippen molar-refractivity contribution < 1.29 is 9.72 Å². The molecule has 0 saturated heterocycles. The molecule has 0 fully saturated rings. The predicted molar refractivity (Wildman–Crippen MR) is 98.3 cm³/mol. The number of fused-ring (bicyclic) bond motifs is 1. The van der Waals surface area contributed by atoms with Crippen molar-refractivity contribution in [1.82, 2.24) is 4.90 Å². The Bertz CT molecular complexity index is 933. The summed E-state index contributed by atoms with van der Waals surface area (Å²) >= 11 is 2.65. The molecule has 3 heterocycles. The Hall–Kier alpha value is -2.51. The lowest BCUT2D eigenvalue weighted by Gasteiger charge is -2.36. The summed E-state index contributed by atoms with van der Waals surface area (Å²) in [6, 6.07) is 14.8. The molecule has 1 amide bonds. The lowest BCUT2D eigenvalue weighted by molar-refractivity contribution is -0.380. The van der Waals surface area contributed by atoms with Gasteiger partial charge in [0.05, 0.1) is 15.8 Å². The normalized spacial score (nSPS) is 16.5. The van der Waals surface area contributed by atoms with E-state index in [-0.39, 0.29) is 17.0 Å². The lowest BCUT2D eigenvalue weighted by Crippen LogP contribution is -2.39. The van der Waals surface area contributed by atoms with Gasteiger partial charge in [0.25, 0.3) is 5.91 Å². The van der Waals surface area contributed by atoms with Gasteiger partial charge in [0.1, 0.15) is 0 Å². The fourth-order valence-corrected chi connectivity index (χ4v) is 4.89. The molecule has 1 aliphatic rings. The van der Waals surface area contributed by atoms with Crippen LogP contribution in [-0.2, 0) is 6.42 Å². The molecule has 1 unspecified atom stereocenters. The second-order valence-electron chi connectivity index (χ2n) is 5.76. The molecule has 1 aliphatic heterocycles. The Balaban J connectivity index is 1.74. The number of hydrogen-bond donors (Lipinski definition) is 0. The SMILES string of the molecule is O=C(c1ccc([N+](=O)[O-])s1)N1CCc2sccc2C1c1ccccc1. The van der Waals surface area contributed by atoms with Crippen LogP contribution in [0.25, 0.3) is 0 Å². The van der Waals surface area contributed by atoms with E-state index in [1.807, 2.05) is 35.2 Å². The third-order valence-electron chi connectivity index (χ3n) is 4.32. The summed E-state index contributed by atoms with van der Waals surface area (Å²) < 4.78 is 0. The fourth-order valence-electron chi connectivity index (χ4n) is 3.21. The molecule has 5 nitrogen and oxygen atoms in total. The van der Waals surface area contributed by atoms with Crippen molar-refractivity contribution in [1.29, 1.82) is 0 Å². The second-order valence-corrected chi connectivity index (χ2v) is 7.82. The van der Waals surface area contributed by atoms with E-state index in [1.54, 1.807) is 17.4 Å². The van der Waals surface area contributed by atoms with Crippen LogP contribution in [0.4, 0.5) is 5.00 Å². The Morgan fingerprint density at radius 2 is 1.96 bits per heavy atom. The number of benzene rings is 1. The summed E-state index contributed by atoms with van der Waals surface area (Å²) in [6.07, 6.45) is 0.815. The van der Waals surface area contributed by atoms with Crippen LogP contribution in [0.1, 0.15) is 31.7 Å². The number of nitrogens with zero attached hydrogens (tertiary/aromatic N) is 2. The van der Waals surface area contributed by atoms with E-state index in [0.717, 1.165) is 28.9 Å². The Labute approximate surface area is 152 Å². The van der Waals surface area contributed by atoms with Crippen molar-refractivity contribution in [3.8, 4) is 0 Å². The maximum absolute atomic E-state index is 13.1. The quantitative estimate of drug-likeness (QED) is 0.503. The lowest BCUT2D eigenvalue weighted by atomic mass is 9.93. The van der Waals surface area contributed by atoms with Gasteiger partial charge < -0.3 is 4.90 Å². The highest BCUT2D eigenvalue weighted by atomic mass is 32.1. The highest BCUT2D eigenvalue weighted by Gasteiger charge is 2.34. The molecule has 25 heavy (non-hydrogen) atoms. The minimum Gasteiger partial charge on any atom is -0.326 e. The highest BCUT2D eigenvalue weighted by Crippen LogP contribution is 2.39. The van der Waals surface area contributed by atoms with Crippen molar-refractivity contribution in [2.75, 3.05) is 6.54 Å². The van der Waals surface area contributed by atoms with Crippen molar-refractivity contribution in [2.45, 2.75) is 12.5 Å². The van der Waals surface area contributed by atoms with Crippen molar-refractivity contribution in [3.63, 3.8) is 0 Å². The molecule has 0 aliphatic carbocycles. The topological polar surface area (TPSA) is 63.4 Å². The van der Waals surface area contributed by atoms with Gasteiger partial charge in [-0.25, -0.2) is 0 Å². The number of carbonyl (C=O) groups is 1. The Kier molecular flexibility index (Phi) is 4.10. The van der Waals surface area contributed by atoms with Crippen LogP contribution in [0.2, 0.25) is 0 Å². The largest absolute Gasteiger partial charge is 0.326 e. The van der Waals surface area contributed by atoms with E-state index in [2.05, 4.69) is 11.4 Å². The first-order valence-electron chi connectivity index (χ1n) is 7.81. The van der Waals surface area contributed by atoms with Gasteiger partial charge in [-0.3, -0.25) is 14.9 Å². The average Bonchev–Trinajstić information content (AvgIpc) is 3.30. The molecule has 3 aromatic rings. The molecule has 1 aromatic carbocycles. The summed E-state index contributed by atoms with van der Waals surface area (Å²) in [6.45, 7) is 0.609. The first-order valence-corrected chi connectivity index (χ1v) is 9.51. The van der Waals surface area contributed by atoms with Crippen LogP contribution < -0.4 is 0 Å². The van der Waals surface area contributed by atoms with Crippen molar-refractivity contribution in [3.05, 3.63) is 84.9 Å². The number of carbonyl (C=O) groups excluding carboxylic acids is 1. The molecule has 2 aromatic heterocycles. The van der Waals surface area contributed by atoms with Crippen LogP contribution in [-0.4, -0.2) is 22.3 Å². The molecule has 0 saturated carbocycles. The van der Waals surface area contributed by atoms with Crippen LogP contribution >= 0.6 is 22.7 Å². The van der Waals surface area contributed by atoms with Crippen LogP contribution in [0, 0.1) is 10.1 Å². The van der Waals surface area contributed by atoms with Gasteiger partial charge in [0.15, 0.2) is 0 Å². The summed E-state index contributed by atoms with van der Waals surface area (Å²) in [7, 11) is 0. The van der Waals surface area contributed by atoms with E-state index >= 15 is 0 Å². The number of nitro groups is 1. The third kappa shape index (κ3) is 2.85. The third-order valence-corrected chi connectivity index (χ3v) is 6.35. The van der Waals surface area contributed by atoms with Gasteiger partial charge in [0, 0.05) is 17.5 Å². The number of hydrogen-bond acceptors (Lipinski definition) is 5. The zero-order valence-corrected chi connectivity index (χ0v) is 14.8. The van der Waals surface area contributed by atoms with Gasteiger partial charge in [-0.15, -0.1) is 11.3 Å². The standard InChI is InChI=1S/C18H14N2O3S2/c21-18(15-6-7-16(25-15)20(22)23)19-10-8-14-13(9-11-24-14)17(19)12-4-2-1-3-5-12/h1-7,9,11,17H,8,10H2. The Morgan fingerprint density at radius 1 is 1.16 bits per heavy atom. The van der Waals surface area contributed by atoms with E-state index < -0.39 is 4.92 Å². The van der Waals surface area contributed by atoms with Crippen LogP contribution in [0.3, 0.4) is 0 Å². The molecule has 4 rings (SSSR count). The first kappa shape index (κ1) is 16.0. The molecule has 0 N–H and O–H groups in total. The molecule has 0 bridgehead atoms. The number of amides is 1. The fraction of sp³-hybridized carbons (Fsp3) is 0.167. The van der Waals surface area contributed by atoms with E-state index in [1.165, 1.54) is 10.9 Å². The summed E-state index contributed by atoms with van der Waals surface area (Å²) in [5.41, 5.74) is 2.21. The molecule has 126 valence electrons. The average molecular weight is 370 g/mol. The molecule has 0 spiro atoms. The minimum absolute atomic E-state index is 0.00663. The maximum Gasteiger partial charge on any atom is 0.324 e. The monoisotopic (exact) mass is 370 g/mol. The van der Waals surface area contributed by atoms with E-state index in [9.17, 15) is 14.9 Å². The van der Waals surface area contributed by atoms with E-state index in [0.29, 0.717) is 11.4 Å². The smallest absolute Gasteiger partial charge is 0.324 e. The second kappa shape index (κ2) is 6.42. The maximum atomic E-state index is 13.1. The van der Waals surface area contributed by atoms with Crippen molar-refractivity contribution in [2.24, 2.45) is 0 Å². The van der Waals surface area contributed by atoms with Gasteiger partial charge in [-0.1, -0.05) is 41.7 Å². The molecule has 7 heteroatoms. The first-order chi connectivity index (χ1) is 12.1. The minimum atomic E-state index is -0.455. The van der Waals surface area contributed by atoms with Crippen molar-refractivity contribution >= 4 is 33.6 Å². The number of thiophene rings is 2.